The Morgan fingerprint density at radius 1 is 0.867 bits per heavy atom. The second-order valence-electron chi connectivity index (χ2n) is 3.42. The van der Waals surface area contributed by atoms with E-state index in [2.05, 4.69) is 24.3 Å². The average molecular weight is 219 g/mol. The lowest BCUT2D eigenvalue weighted by Gasteiger charge is -1.87. The normalized spacial score (nSPS) is 11.0. The van der Waals surface area contributed by atoms with Crippen molar-refractivity contribution in [2.24, 2.45) is 0 Å². The summed E-state index contributed by atoms with van der Waals surface area (Å²) in [6, 6.07) is 14.9. The summed E-state index contributed by atoms with van der Waals surface area (Å²) in [4.78, 5) is 0. The molecule has 1 aliphatic rings. The van der Waals surface area contributed by atoms with Crippen molar-refractivity contribution in [1.82, 2.24) is 0 Å². The highest BCUT2D eigenvalue weighted by molar-refractivity contribution is 6.30. The van der Waals surface area contributed by atoms with E-state index in [1.807, 2.05) is 0 Å². The van der Waals surface area contributed by atoms with E-state index in [1.54, 1.807) is 24.3 Å². The van der Waals surface area contributed by atoms with Crippen LogP contribution in [-0.2, 0) is 6.42 Å². The molecule has 0 bridgehead atoms. The van der Waals surface area contributed by atoms with Gasteiger partial charge >= 0.3 is 0 Å². The number of benzene rings is 2. The quantitative estimate of drug-likeness (QED) is 0.611. The topological polar surface area (TPSA) is 20.2 Å². The molecule has 15 heavy (non-hydrogen) atoms. The van der Waals surface area contributed by atoms with Gasteiger partial charge in [0.05, 0.1) is 0 Å². The zero-order valence-electron chi connectivity index (χ0n) is 8.15. The van der Waals surface area contributed by atoms with Crippen molar-refractivity contribution in [3.8, 4) is 5.75 Å². The molecular formula is C13H11ClO. The Bertz CT molecular complexity index is 406. The summed E-state index contributed by atoms with van der Waals surface area (Å²) in [6.45, 7) is 0. The summed E-state index contributed by atoms with van der Waals surface area (Å²) in [5.41, 5.74) is 3.06. The van der Waals surface area contributed by atoms with Crippen molar-refractivity contribution in [1.29, 1.82) is 0 Å². The molecule has 0 radical (unpaired) electrons. The molecule has 1 nitrogen and oxygen atoms in total. The lowest BCUT2D eigenvalue weighted by atomic mass is 10.3. The molecule has 0 aromatic heterocycles. The molecule has 0 spiro atoms. The Kier molecular flexibility index (Phi) is 2.93. The average Bonchev–Trinajstić information content (AvgIpc) is 3.02. The van der Waals surface area contributed by atoms with Gasteiger partial charge in [0.1, 0.15) is 5.75 Å². The first-order valence-electron chi connectivity index (χ1n) is 4.77. The Morgan fingerprint density at radius 3 is 1.80 bits per heavy atom. The molecule has 0 atom stereocenters. The van der Waals surface area contributed by atoms with Crippen molar-refractivity contribution in [3.05, 3.63) is 64.7 Å². The van der Waals surface area contributed by atoms with Crippen LogP contribution >= 0.6 is 11.6 Å². The molecule has 76 valence electrons. The van der Waals surface area contributed by atoms with Crippen LogP contribution in [0.1, 0.15) is 11.1 Å². The monoisotopic (exact) mass is 218 g/mol. The van der Waals surface area contributed by atoms with Crippen LogP contribution in [0.2, 0.25) is 5.02 Å². The van der Waals surface area contributed by atoms with E-state index >= 15 is 0 Å². The van der Waals surface area contributed by atoms with Crippen LogP contribution in [0.5, 0.6) is 5.75 Å². The highest BCUT2D eigenvalue weighted by atomic mass is 35.5. The summed E-state index contributed by atoms with van der Waals surface area (Å²) in [6.07, 6.45) is 1.24. The van der Waals surface area contributed by atoms with Crippen LogP contribution in [0.15, 0.2) is 48.5 Å². The number of rotatable bonds is 0. The van der Waals surface area contributed by atoms with Gasteiger partial charge in [-0.3, -0.25) is 0 Å². The van der Waals surface area contributed by atoms with E-state index in [9.17, 15) is 0 Å². The van der Waals surface area contributed by atoms with Gasteiger partial charge in [-0.1, -0.05) is 35.9 Å². The fourth-order valence-corrected chi connectivity index (χ4v) is 1.40. The molecule has 0 saturated carbocycles. The van der Waals surface area contributed by atoms with E-state index in [0.29, 0.717) is 5.02 Å². The van der Waals surface area contributed by atoms with Gasteiger partial charge < -0.3 is 5.11 Å². The van der Waals surface area contributed by atoms with Gasteiger partial charge in [0, 0.05) is 5.02 Å². The number of fused-ring (bicyclic) bond motifs is 1. The molecule has 0 saturated heterocycles. The molecule has 0 amide bonds. The minimum atomic E-state index is 0.245. The molecule has 1 N–H and O–H groups in total. The highest BCUT2D eigenvalue weighted by Gasteiger charge is 2.12. The largest absolute Gasteiger partial charge is 0.508 e. The maximum absolute atomic E-state index is 8.70. The van der Waals surface area contributed by atoms with Gasteiger partial charge in [-0.05, 0) is 41.8 Å². The van der Waals surface area contributed by atoms with Gasteiger partial charge in [-0.25, -0.2) is 0 Å². The van der Waals surface area contributed by atoms with Crippen molar-refractivity contribution in [2.75, 3.05) is 0 Å². The van der Waals surface area contributed by atoms with Gasteiger partial charge in [0.25, 0.3) is 0 Å². The van der Waals surface area contributed by atoms with E-state index in [4.69, 9.17) is 16.7 Å². The molecule has 2 heteroatoms. The fraction of sp³-hybridized carbons (Fsp3) is 0.0769. The zero-order valence-corrected chi connectivity index (χ0v) is 8.91. The number of halogens is 1. The second-order valence-corrected chi connectivity index (χ2v) is 3.86. The lowest BCUT2D eigenvalue weighted by molar-refractivity contribution is 0.475. The summed E-state index contributed by atoms with van der Waals surface area (Å²) >= 11 is 5.50. The highest BCUT2D eigenvalue weighted by Crippen LogP contribution is 2.25. The number of aromatic hydroxyl groups is 1. The van der Waals surface area contributed by atoms with E-state index < -0.39 is 0 Å². The molecule has 0 unspecified atom stereocenters. The van der Waals surface area contributed by atoms with E-state index in [0.717, 1.165) is 0 Å². The van der Waals surface area contributed by atoms with Gasteiger partial charge in [-0.2, -0.15) is 0 Å². The first-order chi connectivity index (χ1) is 7.25. The smallest absolute Gasteiger partial charge is 0.115 e. The molecule has 0 heterocycles. The molecule has 2 aromatic carbocycles. The minimum absolute atomic E-state index is 0.245. The molecule has 1 aliphatic carbocycles. The third-order valence-electron chi connectivity index (χ3n) is 2.20. The van der Waals surface area contributed by atoms with Crippen LogP contribution in [-0.4, -0.2) is 5.11 Å². The SMILES string of the molecule is Oc1ccc(Cl)cc1.c1ccc2c(c1)C2. The van der Waals surface area contributed by atoms with Crippen LogP contribution in [0.4, 0.5) is 0 Å². The first kappa shape index (κ1) is 10.1. The number of hydrogen-bond acceptors (Lipinski definition) is 1. The van der Waals surface area contributed by atoms with Gasteiger partial charge in [0.15, 0.2) is 0 Å². The summed E-state index contributed by atoms with van der Waals surface area (Å²) in [5.74, 6) is 0.245. The van der Waals surface area contributed by atoms with Gasteiger partial charge in [0.2, 0.25) is 0 Å². The van der Waals surface area contributed by atoms with Crippen LogP contribution in [0.25, 0.3) is 0 Å². The maximum Gasteiger partial charge on any atom is 0.115 e. The van der Waals surface area contributed by atoms with Crippen molar-refractivity contribution in [3.63, 3.8) is 0 Å². The molecule has 3 rings (SSSR count). The first-order valence-corrected chi connectivity index (χ1v) is 5.15. The summed E-state index contributed by atoms with van der Waals surface area (Å²) in [5, 5.41) is 9.34. The molecule has 0 aliphatic heterocycles. The zero-order chi connectivity index (χ0) is 10.7. The Hall–Kier alpha value is -1.47. The van der Waals surface area contributed by atoms with Crippen molar-refractivity contribution < 1.29 is 5.11 Å². The predicted octanol–water partition coefficient (Wildman–Crippen LogP) is 3.64. The number of hydrogen-bond donors (Lipinski definition) is 1. The second kappa shape index (κ2) is 4.37. The standard InChI is InChI=1S/C7H6.C6H5ClO/c1-2-4-7-5-6(7)3-1;7-5-1-3-6(8)4-2-5/h1-4H,5H2;1-4,8H. The molecule has 0 fully saturated rings. The maximum atomic E-state index is 8.70. The molecular weight excluding hydrogens is 208 g/mol. The van der Waals surface area contributed by atoms with Crippen LogP contribution in [0.3, 0.4) is 0 Å². The third kappa shape index (κ3) is 3.00. The van der Waals surface area contributed by atoms with Gasteiger partial charge in [-0.15, -0.1) is 0 Å². The third-order valence-corrected chi connectivity index (χ3v) is 2.45. The van der Waals surface area contributed by atoms with Crippen molar-refractivity contribution in [2.45, 2.75) is 6.42 Å². The fourth-order valence-electron chi connectivity index (χ4n) is 1.28. The van der Waals surface area contributed by atoms with E-state index in [1.165, 1.54) is 17.5 Å². The predicted molar refractivity (Wildman–Crippen MR) is 62.4 cm³/mol. The Morgan fingerprint density at radius 2 is 1.40 bits per heavy atom. The summed E-state index contributed by atoms with van der Waals surface area (Å²) in [7, 11) is 0. The summed E-state index contributed by atoms with van der Waals surface area (Å²) < 4.78 is 0. The van der Waals surface area contributed by atoms with E-state index in [-0.39, 0.29) is 5.75 Å². The Balaban J connectivity index is 0.000000114. The number of phenols is 1. The number of phenolic OH excluding ortho intramolecular Hbond substituents is 1. The Labute approximate surface area is 94.0 Å². The molecule has 2 aromatic rings. The minimum Gasteiger partial charge on any atom is -0.508 e. The van der Waals surface area contributed by atoms with Crippen molar-refractivity contribution >= 4 is 11.6 Å². The lowest BCUT2D eigenvalue weighted by Crippen LogP contribution is -1.61. The van der Waals surface area contributed by atoms with Crippen LogP contribution in [0, 0.1) is 0 Å². The van der Waals surface area contributed by atoms with Crippen LogP contribution < -0.4 is 0 Å².